The van der Waals surface area contributed by atoms with Gasteiger partial charge in [-0.3, -0.25) is 0 Å². The summed E-state index contributed by atoms with van der Waals surface area (Å²) in [6.07, 6.45) is 7.28. The maximum atomic E-state index is 3.74. The van der Waals surface area contributed by atoms with Crippen LogP contribution >= 0.6 is 0 Å². The van der Waals surface area contributed by atoms with Crippen LogP contribution in [0.15, 0.2) is 11.6 Å². The van der Waals surface area contributed by atoms with Crippen molar-refractivity contribution in [3.63, 3.8) is 0 Å². The van der Waals surface area contributed by atoms with Gasteiger partial charge in [-0.05, 0) is 25.7 Å². The lowest BCUT2D eigenvalue weighted by atomic mass is 10.3. The molecule has 1 fully saturated rings. The van der Waals surface area contributed by atoms with E-state index in [4.69, 9.17) is 0 Å². The lowest BCUT2D eigenvalue weighted by Gasteiger charge is -1.77. The number of hydrogen-bond donors (Lipinski definition) is 0. The highest BCUT2D eigenvalue weighted by Crippen LogP contribution is 2.27. The smallest absolute Gasteiger partial charge is 0.0283 e. The van der Waals surface area contributed by atoms with Gasteiger partial charge in [-0.15, -0.1) is 0 Å². The van der Waals surface area contributed by atoms with Crippen molar-refractivity contribution >= 4 is 0 Å². The van der Waals surface area contributed by atoms with E-state index in [2.05, 4.69) is 13.0 Å². The highest BCUT2D eigenvalue weighted by Gasteiger charge is 2.08. The summed E-state index contributed by atoms with van der Waals surface area (Å²) in [7, 11) is 0. The third kappa shape index (κ3) is 1.77. The van der Waals surface area contributed by atoms with Gasteiger partial charge in [0.15, 0.2) is 0 Å². The van der Waals surface area contributed by atoms with Crippen LogP contribution in [0.4, 0.5) is 0 Å². The van der Waals surface area contributed by atoms with Crippen molar-refractivity contribution in [2.24, 2.45) is 0 Å². The van der Waals surface area contributed by atoms with Crippen LogP contribution in [0.1, 0.15) is 25.7 Å². The Kier molecular flexibility index (Phi) is 1.50. The van der Waals surface area contributed by atoms with Gasteiger partial charge in [0, 0.05) is 0 Å². The van der Waals surface area contributed by atoms with Gasteiger partial charge in [0.2, 0.25) is 0 Å². The van der Waals surface area contributed by atoms with E-state index >= 15 is 0 Å². The van der Waals surface area contributed by atoms with Crippen LogP contribution in [0.2, 0.25) is 0 Å². The quantitative estimate of drug-likeness (QED) is 0.462. The summed E-state index contributed by atoms with van der Waals surface area (Å²) in [6.45, 7) is 3.74. The molecule has 0 spiro atoms. The maximum absolute atomic E-state index is 3.74. The zero-order valence-corrected chi connectivity index (χ0v) is 4.61. The molecule has 0 nitrogen and oxygen atoms in total. The molecule has 0 heteroatoms. The van der Waals surface area contributed by atoms with Gasteiger partial charge in [0.25, 0.3) is 0 Å². The normalized spacial score (nSPS) is 17.0. The van der Waals surface area contributed by atoms with Crippen molar-refractivity contribution in [3.05, 3.63) is 18.6 Å². The molecule has 1 saturated carbocycles. The van der Waals surface area contributed by atoms with Crippen LogP contribution < -0.4 is 0 Å². The van der Waals surface area contributed by atoms with E-state index in [1.165, 1.54) is 19.3 Å². The molecular formula is C7H11. The second-order valence-electron chi connectivity index (χ2n) is 2.00. The molecule has 1 aliphatic rings. The number of hydrogen-bond acceptors (Lipinski definition) is 0. The van der Waals surface area contributed by atoms with Gasteiger partial charge < -0.3 is 0 Å². The Hall–Kier alpha value is -0.260. The van der Waals surface area contributed by atoms with Gasteiger partial charge in [0.05, 0.1) is 0 Å². The van der Waals surface area contributed by atoms with Gasteiger partial charge in [-0.2, -0.15) is 0 Å². The van der Waals surface area contributed by atoms with Crippen LogP contribution in [0.3, 0.4) is 0 Å². The fraction of sp³-hybridized carbons (Fsp3) is 0.571. The topological polar surface area (TPSA) is 0 Å². The Morgan fingerprint density at radius 1 is 1.57 bits per heavy atom. The van der Waals surface area contributed by atoms with Crippen molar-refractivity contribution in [1.29, 1.82) is 0 Å². The van der Waals surface area contributed by atoms with Crippen LogP contribution in [0.5, 0.6) is 0 Å². The zero-order valence-electron chi connectivity index (χ0n) is 4.61. The molecule has 0 saturated heterocycles. The Morgan fingerprint density at radius 3 is 2.71 bits per heavy atom. The van der Waals surface area contributed by atoms with Crippen molar-refractivity contribution < 1.29 is 0 Å². The molecular weight excluding hydrogens is 84.1 g/mol. The van der Waals surface area contributed by atoms with Crippen LogP contribution in [-0.2, 0) is 0 Å². The van der Waals surface area contributed by atoms with Crippen molar-refractivity contribution in [2.45, 2.75) is 25.7 Å². The molecule has 0 aromatic carbocycles. The Balaban J connectivity index is 2.07. The predicted octanol–water partition coefficient (Wildman–Crippen LogP) is 2.32. The molecule has 1 radical (unpaired) electrons. The highest BCUT2D eigenvalue weighted by atomic mass is 14.1. The van der Waals surface area contributed by atoms with Gasteiger partial charge in [-0.25, -0.2) is 0 Å². The molecule has 0 aromatic rings. The van der Waals surface area contributed by atoms with Crippen molar-refractivity contribution in [1.82, 2.24) is 0 Å². The molecule has 1 rings (SSSR count). The molecule has 0 heterocycles. The number of rotatable bonds is 2. The zero-order chi connectivity index (χ0) is 5.11. The van der Waals surface area contributed by atoms with Gasteiger partial charge >= 0.3 is 0 Å². The molecule has 0 N–H and O–H groups in total. The average molecular weight is 95.2 g/mol. The van der Waals surface area contributed by atoms with Crippen molar-refractivity contribution in [3.8, 4) is 0 Å². The Morgan fingerprint density at radius 2 is 2.29 bits per heavy atom. The first kappa shape index (κ1) is 4.89. The molecule has 39 valence electrons. The van der Waals surface area contributed by atoms with E-state index < -0.39 is 0 Å². The Labute approximate surface area is 45.2 Å². The summed E-state index contributed by atoms with van der Waals surface area (Å²) < 4.78 is 0. The minimum absolute atomic E-state index is 1.06. The summed E-state index contributed by atoms with van der Waals surface area (Å²) in [5, 5.41) is 0. The summed E-state index contributed by atoms with van der Waals surface area (Å²) in [4.78, 5) is 0. The highest BCUT2D eigenvalue weighted by molar-refractivity contribution is 5.15. The van der Waals surface area contributed by atoms with E-state index in [1.807, 2.05) is 0 Å². The number of allylic oxidation sites excluding steroid dienone is 2. The number of unbranched alkanes of at least 4 members (excludes halogenated alkanes) is 1. The molecule has 0 amide bonds. The van der Waals surface area contributed by atoms with Crippen LogP contribution in [-0.4, -0.2) is 0 Å². The largest absolute Gasteiger partial charge is 0.0853 e. The van der Waals surface area contributed by atoms with E-state index in [9.17, 15) is 0 Å². The predicted molar refractivity (Wildman–Crippen MR) is 31.9 cm³/mol. The molecule has 0 aliphatic heterocycles. The van der Waals surface area contributed by atoms with E-state index in [0.29, 0.717) is 0 Å². The third-order valence-corrected chi connectivity index (χ3v) is 1.18. The summed E-state index contributed by atoms with van der Waals surface area (Å²) in [5.74, 6) is 0. The molecule has 1 aliphatic carbocycles. The molecule has 0 bridgehead atoms. The minimum atomic E-state index is 1.06. The Bertz CT molecular complexity index is 74.0. The monoisotopic (exact) mass is 95.1 g/mol. The molecule has 0 aromatic heterocycles. The second kappa shape index (κ2) is 2.15. The maximum Gasteiger partial charge on any atom is -0.0283 e. The van der Waals surface area contributed by atoms with Gasteiger partial charge in [-0.1, -0.05) is 18.6 Å². The fourth-order valence-corrected chi connectivity index (χ4v) is 0.582. The standard InChI is InChI=1S/C7H11/c1-2-3-4-7-5-6-7/h4H,1-3,5-6H2. The second-order valence-corrected chi connectivity index (χ2v) is 2.00. The van der Waals surface area contributed by atoms with Crippen LogP contribution in [0, 0.1) is 6.92 Å². The van der Waals surface area contributed by atoms with Gasteiger partial charge in [0.1, 0.15) is 0 Å². The first-order valence-corrected chi connectivity index (χ1v) is 2.90. The lowest BCUT2D eigenvalue weighted by Crippen LogP contribution is -1.57. The molecule has 7 heavy (non-hydrogen) atoms. The summed E-state index contributed by atoms with van der Waals surface area (Å²) in [6, 6.07) is 0. The third-order valence-electron chi connectivity index (χ3n) is 1.18. The first-order valence-electron chi connectivity index (χ1n) is 2.90. The van der Waals surface area contributed by atoms with Crippen molar-refractivity contribution in [2.75, 3.05) is 0 Å². The SMILES string of the molecule is [CH2]CCC=C1CC1. The lowest BCUT2D eigenvalue weighted by molar-refractivity contribution is 1.05. The minimum Gasteiger partial charge on any atom is -0.0853 e. The summed E-state index contributed by atoms with van der Waals surface area (Å²) >= 11 is 0. The average Bonchev–Trinajstić information content (AvgIpc) is 2.42. The molecule has 0 atom stereocenters. The van der Waals surface area contributed by atoms with Crippen LogP contribution in [0.25, 0.3) is 0 Å². The van der Waals surface area contributed by atoms with E-state index in [1.54, 1.807) is 5.57 Å². The van der Waals surface area contributed by atoms with E-state index in [-0.39, 0.29) is 0 Å². The summed E-state index contributed by atoms with van der Waals surface area (Å²) in [5.41, 5.74) is 1.64. The fourth-order valence-electron chi connectivity index (χ4n) is 0.582. The van der Waals surface area contributed by atoms with E-state index in [0.717, 1.165) is 6.42 Å². The molecule has 0 unspecified atom stereocenters. The first-order chi connectivity index (χ1) is 3.43.